The highest BCUT2D eigenvalue weighted by Gasteiger charge is 2.22. The van der Waals surface area contributed by atoms with E-state index in [1.807, 2.05) is 6.92 Å². The number of carbonyl (C=O) groups is 1. The van der Waals surface area contributed by atoms with Crippen LogP contribution in [0.4, 0.5) is 4.79 Å². The lowest BCUT2D eigenvalue weighted by Crippen LogP contribution is -2.38. The van der Waals surface area contributed by atoms with Crippen LogP contribution in [0.1, 0.15) is 41.1 Å². The van der Waals surface area contributed by atoms with E-state index in [9.17, 15) is 4.79 Å². The summed E-state index contributed by atoms with van der Waals surface area (Å²) in [6, 6.07) is 2.19. The standard InChI is InChI=1S/C13H20N2OS/c1-8-6-12(10(3)17-8)9(2)15-13(16)14-7-11-4-5-11/h6,9,11H,4-5,7H2,1-3H3,(H2,14,15,16). The van der Waals surface area contributed by atoms with Crippen molar-refractivity contribution in [3.05, 3.63) is 21.4 Å². The third-order valence-corrected chi connectivity index (χ3v) is 4.12. The Kier molecular flexibility index (Phi) is 3.72. The molecule has 2 amide bonds. The minimum Gasteiger partial charge on any atom is -0.338 e. The van der Waals surface area contributed by atoms with Crippen LogP contribution >= 0.6 is 11.3 Å². The van der Waals surface area contributed by atoms with Gasteiger partial charge in [-0.05, 0) is 51.2 Å². The first-order valence-corrected chi connectivity index (χ1v) is 6.99. The van der Waals surface area contributed by atoms with Gasteiger partial charge in [0, 0.05) is 16.3 Å². The maximum Gasteiger partial charge on any atom is 0.315 e. The third kappa shape index (κ3) is 3.46. The van der Waals surface area contributed by atoms with Crippen LogP contribution < -0.4 is 10.6 Å². The number of hydrogen-bond acceptors (Lipinski definition) is 2. The quantitative estimate of drug-likeness (QED) is 0.849. The van der Waals surface area contributed by atoms with Gasteiger partial charge in [-0.15, -0.1) is 11.3 Å². The summed E-state index contributed by atoms with van der Waals surface area (Å²) in [4.78, 5) is 14.2. The molecule has 1 atom stereocenters. The van der Waals surface area contributed by atoms with E-state index in [4.69, 9.17) is 0 Å². The molecule has 17 heavy (non-hydrogen) atoms. The normalized spacial score (nSPS) is 16.6. The number of nitrogens with one attached hydrogen (secondary N) is 2. The molecule has 1 unspecified atom stereocenters. The van der Waals surface area contributed by atoms with Gasteiger partial charge in [-0.1, -0.05) is 0 Å². The molecule has 1 aliphatic carbocycles. The van der Waals surface area contributed by atoms with Crippen molar-refractivity contribution >= 4 is 17.4 Å². The summed E-state index contributed by atoms with van der Waals surface area (Å²) in [6.45, 7) is 7.06. The first-order chi connectivity index (χ1) is 8.06. The summed E-state index contributed by atoms with van der Waals surface area (Å²) < 4.78 is 0. The number of aryl methyl sites for hydroxylation is 2. The first kappa shape index (κ1) is 12.4. The lowest BCUT2D eigenvalue weighted by molar-refractivity contribution is 0.237. The number of amides is 2. The van der Waals surface area contributed by atoms with E-state index in [2.05, 4.69) is 30.5 Å². The van der Waals surface area contributed by atoms with E-state index in [-0.39, 0.29) is 12.1 Å². The Labute approximate surface area is 107 Å². The zero-order valence-corrected chi connectivity index (χ0v) is 11.5. The molecule has 4 heteroatoms. The highest BCUT2D eigenvalue weighted by molar-refractivity contribution is 7.12. The van der Waals surface area contributed by atoms with Crippen LogP contribution in [-0.4, -0.2) is 12.6 Å². The smallest absolute Gasteiger partial charge is 0.315 e. The summed E-state index contributed by atoms with van der Waals surface area (Å²) in [5.74, 6) is 0.723. The van der Waals surface area contributed by atoms with E-state index < -0.39 is 0 Å². The number of rotatable bonds is 4. The summed E-state index contributed by atoms with van der Waals surface area (Å²) in [5.41, 5.74) is 1.23. The summed E-state index contributed by atoms with van der Waals surface area (Å²) in [7, 11) is 0. The van der Waals surface area contributed by atoms with E-state index in [1.165, 1.54) is 28.2 Å². The largest absolute Gasteiger partial charge is 0.338 e. The van der Waals surface area contributed by atoms with E-state index in [0.29, 0.717) is 0 Å². The van der Waals surface area contributed by atoms with Crippen LogP contribution in [0.2, 0.25) is 0 Å². The average Bonchev–Trinajstić information content (AvgIpc) is 3.01. The van der Waals surface area contributed by atoms with Crippen molar-refractivity contribution in [2.45, 2.75) is 39.7 Å². The Bertz CT molecular complexity index is 410. The first-order valence-electron chi connectivity index (χ1n) is 6.17. The molecule has 0 bridgehead atoms. The molecule has 0 aliphatic heterocycles. The lowest BCUT2D eigenvalue weighted by atomic mass is 10.1. The Hall–Kier alpha value is -1.03. The van der Waals surface area contributed by atoms with Crippen LogP contribution in [-0.2, 0) is 0 Å². The number of urea groups is 1. The minimum absolute atomic E-state index is 0.0485. The maximum atomic E-state index is 11.7. The molecule has 1 aromatic heterocycles. The van der Waals surface area contributed by atoms with Crippen molar-refractivity contribution in [2.24, 2.45) is 5.92 Å². The van der Waals surface area contributed by atoms with Crippen molar-refractivity contribution < 1.29 is 4.79 Å². The molecule has 94 valence electrons. The fourth-order valence-electron chi connectivity index (χ4n) is 1.96. The van der Waals surface area contributed by atoms with Crippen molar-refractivity contribution in [3.63, 3.8) is 0 Å². The van der Waals surface area contributed by atoms with E-state index in [1.54, 1.807) is 11.3 Å². The van der Waals surface area contributed by atoms with Gasteiger partial charge in [-0.2, -0.15) is 0 Å². The molecule has 2 rings (SSSR count). The van der Waals surface area contributed by atoms with Gasteiger partial charge in [0.1, 0.15) is 0 Å². The summed E-state index contributed by atoms with van der Waals surface area (Å²) in [5, 5.41) is 5.91. The van der Waals surface area contributed by atoms with Crippen molar-refractivity contribution in [2.75, 3.05) is 6.54 Å². The van der Waals surface area contributed by atoms with Crippen LogP contribution in [0.5, 0.6) is 0 Å². The summed E-state index contributed by atoms with van der Waals surface area (Å²) >= 11 is 1.78. The van der Waals surface area contributed by atoms with Gasteiger partial charge in [-0.3, -0.25) is 0 Å². The van der Waals surface area contributed by atoms with Crippen LogP contribution in [0.15, 0.2) is 6.07 Å². The molecule has 0 aromatic carbocycles. The van der Waals surface area contributed by atoms with Crippen LogP contribution in [0, 0.1) is 19.8 Å². The molecule has 0 spiro atoms. The molecule has 1 heterocycles. The molecule has 1 fully saturated rings. The second kappa shape index (κ2) is 5.08. The number of hydrogen-bond donors (Lipinski definition) is 2. The molecule has 3 nitrogen and oxygen atoms in total. The molecule has 2 N–H and O–H groups in total. The third-order valence-electron chi connectivity index (χ3n) is 3.14. The van der Waals surface area contributed by atoms with Gasteiger partial charge in [0.2, 0.25) is 0 Å². The second-order valence-electron chi connectivity index (χ2n) is 4.89. The van der Waals surface area contributed by atoms with Gasteiger partial charge in [-0.25, -0.2) is 4.79 Å². The minimum atomic E-state index is -0.0485. The van der Waals surface area contributed by atoms with Crippen LogP contribution in [0.3, 0.4) is 0 Å². The van der Waals surface area contributed by atoms with Gasteiger partial charge in [0.05, 0.1) is 6.04 Å². The second-order valence-corrected chi connectivity index (χ2v) is 6.35. The molecular formula is C13H20N2OS. The molecule has 1 aromatic rings. The molecular weight excluding hydrogens is 232 g/mol. The Morgan fingerprint density at radius 1 is 1.53 bits per heavy atom. The fraction of sp³-hybridized carbons (Fsp3) is 0.615. The lowest BCUT2D eigenvalue weighted by Gasteiger charge is -2.14. The molecule has 1 aliphatic rings. The average molecular weight is 252 g/mol. The van der Waals surface area contributed by atoms with E-state index >= 15 is 0 Å². The predicted octanol–water partition coefficient (Wildman–Crippen LogP) is 3.14. The monoisotopic (exact) mass is 252 g/mol. The number of carbonyl (C=O) groups excluding carboxylic acids is 1. The molecule has 0 saturated heterocycles. The van der Waals surface area contributed by atoms with Gasteiger partial charge in [0.25, 0.3) is 0 Å². The molecule has 0 radical (unpaired) electrons. The van der Waals surface area contributed by atoms with Crippen LogP contribution in [0.25, 0.3) is 0 Å². The van der Waals surface area contributed by atoms with Crippen molar-refractivity contribution in [3.8, 4) is 0 Å². The zero-order chi connectivity index (χ0) is 12.4. The van der Waals surface area contributed by atoms with Gasteiger partial charge >= 0.3 is 6.03 Å². The van der Waals surface area contributed by atoms with E-state index in [0.717, 1.165) is 12.5 Å². The maximum absolute atomic E-state index is 11.7. The highest BCUT2D eigenvalue weighted by atomic mass is 32.1. The zero-order valence-electron chi connectivity index (χ0n) is 10.7. The fourth-order valence-corrected chi connectivity index (χ4v) is 2.99. The summed E-state index contributed by atoms with van der Waals surface area (Å²) in [6.07, 6.45) is 2.53. The molecule has 1 saturated carbocycles. The predicted molar refractivity (Wildman–Crippen MR) is 71.5 cm³/mol. The Balaban J connectivity index is 1.84. The SMILES string of the molecule is Cc1cc(C(C)NC(=O)NCC2CC2)c(C)s1. The van der Waals surface area contributed by atoms with Gasteiger partial charge in [0.15, 0.2) is 0 Å². The van der Waals surface area contributed by atoms with Crippen molar-refractivity contribution in [1.29, 1.82) is 0 Å². The van der Waals surface area contributed by atoms with Gasteiger partial charge < -0.3 is 10.6 Å². The topological polar surface area (TPSA) is 41.1 Å². The van der Waals surface area contributed by atoms with Crippen molar-refractivity contribution in [1.82, 2.24) is 10.6 Å². The number of thiophene rings is 1. The highest BCUT2D eigenvalue weighted by Crippen LogP contribution is 2.28. The Morgan fingerprint density at radius 3 is 2.76 bits per heavy atom. The Morgan fingerprint density at radius 2 is 2.24 bits per heavy atom.